The van der Waals surface area contributed by atoms with Gasteiger partial charge in [-0.05, 0) is 59.8 Å². The number of phenolic OH excluding ortho intramolecular Hbond substituents is 1. The Morgan fingerprint density at radius 3 is 1.94 bits per heavy atom. The molecule has 0 saturated carbocycles. The Morgan fingerprint density at radius 2 is 1.27 bits per heavy atom. The fraction of sp³-hybridized carbons (Fsp3) is 0.353. The number of nitrogens with two attached hydrogens (primary N) is 3. The molecular formula is C34H43N9O6. The molecule has 0 aromatic heterocycles. The van der Waals surface area contributed by atoms with Crippen molar-refractivity contribution in [2.75, 3.05) is 19.6 Å². The van der Waals surface area contributed by atoms with Crippen LogP contribution in [0.25, 0.3) is 10.8 Å². The smallest absolute Gasteiger partial charge is 0.243 e. The van der Waals surface area contributed by atoms with Gasteiger partial charge in [0.05, 0.1) is 6.54 Å². The third-order valence-corrected chi connectivity index (χ3v) is 8.00. The fourth-order valence-electron chi connectivity index (χ4n) is 5.45. The molecule has 1 heterocycles. The van der Waals surface area contributed by atoms with Gasteiger partial charge in [0.2, 0.25) is 29.5 Å². The van der Waals surface area contributed by atoms with Crippen LogP contribution < -0.4 is 43.8 Å². The van der Waals surface area contributed by atoms with Crippen molar-refractivity contribution >= 4 is 46.3 Å². The SMILES string of the molecule is NCC[C@@H]1NC(=O)[C@H](CCCN=C(N)N)NC(=O)[C@@H](Cc2ccc(O)cc2)NC(=O)CNC(=O)[C@H](Cc2ccc3ccccc3c2)NC1=O. The molecule has 0 unspecified atom stereocenters. The number of amides is 5. The van der Waals surface area contributed by atoms with Gasteiger partial charge in [-0.2, -0.15) is 0 Å². The summed E-state index contributed by atoms with van der Waals surface area (Å²) in [6, 6.07) is 14.9. The lowest BCUT2D eigenvalue weighted by Gasteiger charge is -2.26. The van der Waals surface area contributed by atoms with Crippen molar-refractivity contribution in [3.63, 3.8) is 0 Å². The highest BCUT2D eigenvalue weighted by Gasteiger charge is 2.32. The van der Waals surface area contributed by atoms with Crippen molar-refractivity contribution in [3.8, 4) is 5.75 Å². The third-order valence-electron chi connectivity index (χ3n) is 8.00. The summed E-state index contributed by atoms with van der Waals surface area (Å²) in [5, 5.41) is 25.0. The normalized spacial score (nSPS) is 20.9. The van der Waals surface area contributed by atoms with Crippen LogP contribution in [-0.4, -0.2) is 84.4 Å². The first kappa shape index (κ1) is 36.1. The molecule has 260 valence electrons. The number of guanidine groups is 1. The molecule has 3 aromatic carbocycles. The molecule has 5 amide bonds. The molecule has 1 aliphatic heterocycles. The van der Waals surface area contributed by atoms with Crippen molar-refractivity contribution in [1.82, 2.24) is 26.6 Å². The van der Waals surface area contributed by atoms with E-state index in [1.165, 1.54) is 12.1 Å². The van der Waals surface area contributed by atoms with E-state index in [4.69, 9.17) is 17.2 Å². The van der Waals surface area contributed by atoms with Gasteiger partial charge in [-0.15, -0.1) is 0 Å². The number of aromatic hydroxyl groups is 1. The lowest BCUT2D eigenvalue weighted by atomic mass is 10.0. The Kier molecular flexibility index (Phi) is 12.9. The maximum atomic E-state index is 13.7. The Bertz CT molecular complexity index is 1680. The van der Waals surface area contributed by atoms with Crippen LogP contribution >= 0.6 is 0 Å². The average Bonchev–Trinajstić information content (AvgIpc) is 3.08. The molecular weight excluding hydrogens is 630 g/mol. The minimum Gasteiger partial charge on any atom is -0.508 e. The van der Waals surface area contributed by atoms with E-state index >= 15 is 0 Å². The lowest BCUT2D eigenvalue weighted by Crippen LogP contribution is -2.58. The maximum Gasteiger partial charge on any atom is 0.243 e. The van der Waals surface area contributed by atoms with Gasteiger partial charge in [0.25, 0.3) is 0 Å². The molecule has 3 aromatic rings. The van der Waals surface area contributed by atoms with Crippen molar-refractivity contribution in [2.45, 2.75) is 56.3 Å². The lowest BCUT2D eigenvalue weighted by molar-refractivity contribution is -0.134. The van der Waals surface area contributed by atoms with Gasteiger partial charge < -0.3 is 48.9 Å². The Hall–Kier alpha value is -5.70. The standard InChI is InChI=1S/C34H43N9O6/c35-14-13-26-32(48)43-27(18-21-7-10-22-4-1-2-5-23(22)16-21)30(46)39-19-29(45)40-28(17-20-8-11-24(44)12-9-20)33(49)41-25(31(47)42-26)6-3-15-38-34(36)37/h1-2,4-5,7-12,16,25-28,44H,3,6,13-15,17-19,35H2,(H,39,46)(H,40,45)(H,41,49)(H,42,47)(H,43,48)(H4,36,37,38)/t25-,26-,27-,28+/m0/s1. The maximum absolute atomic E-state index is 13.7. The number of carbonyl (C=O) groups excluding carboxylic acids is 5. The molecule has 15 heteroatoms. The molecule has 1 saturated heterocycles. The third kappa shape index (κ3) is 10.9. The molecule has 4 atom stereocenters. The second kappa shape index (κ2) is 17.5. The van der Waals surface area contributed by atoms with Crippen LogP contribution in [0.2, 0.25) is 0 Å². The predicted octanol–water partition coefficient (Wildman–Crippen LogP) is -1.20. The average molecular weight is 674 g/mol. The number of benzene rings is 3. The van der Waals surface area contributed by atoms with Gasteiger partial charge in [0.15, 0.2) is 5.96 Å². The Balaban J connectivity index is 1.65. The van der Waals surface area contributed by atoms with E-state index in [1.54, 1.807) is 12.1 Å². The second-order valence-corrected chi connectivity index (χ2v) is 11.8. The van der Waals surface area contributed by atoms with Crippen molar-refractivity contribution in [1.29, 1.82) is 0 Å². The number of aliphatic imine (C=N–C) groups is 1. The highest BCUT2D eigenvalue weighted by molar-refractivity contribution is 5.97. The number of hydrogen-bond donors (Lipinski definition) is 9. The Morgan fingerprint density at radius 1 is 0.694 bits per heavy atom. The van der Waals surface area contributed by atoms with Gasteiger partial charge >= 0.3 is 0 Å². The number of nitrogens with zero attached hydrogens (tertiary/aromatic N) is 1. The largest absolute Gasteiger partial charge is 0.508 e. The molecule has 1 aliphatic rings. The molecule has 15 nitrogen and oxygen atoms in total. The van der Waals surface area contributed by atoms with Gasteiger partial charge in [0, 0.05) is 19.4 Å². The molecule has 12 N–H and O–H groups in total. The van der Waals surface area contributed by atoms with Crippen LogP contribution in [0.15, 0.2) is 71.7 Å². The summed E-state index contributed by atoms with van der Waals surface area (Å²) in [4.78, 5) is 71.5. The molecule has 49 heavy (non-hydrogen) atoms. The van der Waals surface area contributed by atoms with Crippen molar-refractivity contribution in [2.24, 2.45) is 22.2 Å². The number of fused-ring (bicyclic) bond motifs is 1. The van der Waals surface area contributed by atoms with Gasteiger partial charge in [-0.1, -0.05) is 54.6 Å². The molecule has 1 fully saturated rings. The zero-order valence-electron chi connectivity index (χ0n) is 27.0. The van der Waals surface area contributed by atoms with Crippen molar-refractivity contribution in [3.05, 3.63) is 77.9 Å². The van der Waals surface area contributed by atoms with Crippen LogP contribution in [0.4, 0.5) is 0 Å². The zero-order chi connectivity index (χ0) is 35.3. The van der Waals surface area contributed by atoms with Crippen molar-refractivity contribution < 1.29 is 29.1 Å². The van der Waals surface area contributed by atoms with Gasteiger partial charge in [-0.3, -0.25) is 29.0 Å². The Labute approximate surface area is 283 Å². The minimum atomic E-state index is -1.17. The molecule has 0 aliphatic carbocycles. The summed E-state index contributed by atoms with van der Waals surface area (Å²) >= 11 is 0. The van der Waals surface area contributed by atoms with Gasteiger partial charge in [-0.25, -0.2) is 0 Å². The predicted molar refractivity (Wildman–Crippen MR) is 184 cm³/mol. The van der Waals surface area contributed by atoms with Crippen LogP contribution in [0, 0.1) is 0 Å². The molecule has 4 rings (SSSR count). The number of phenols is 1. The number of carbonyl (C=O) groups is 5. The molecule has 0 spiro atoms. The summed E-state index contributed by atoms with van der Waals surface area (Å²) < 4.78 is 0. The summed E-state index contributed by atoms with van der Waals surface area (Å²) in [7, 11) is 0. The molecule has 0 bridgehead atoms. The summed E-state index contributed by atoms with van der Waals surface area (Å²) in [5.74, 6) is -3.43. The first-order chi connectivity index (χ1) is 23.5. The number of hydrogen-bond acceptors (Lipinski definition) is 8. The topological polar surface area (TPSA) is 256 Å². The summed E-state index contributed by atoms with van der Waals surface area (Å²) in [6.07, 6.45) is 0.528. The highest BCUT2D eigenvalue weighted by Crippen LogP contribution is 2.17. The summed E-state index contributed by atoms with van der Waals surface area (Å²) in [6.45, 7) is -0.283. The quantitative estimate of drug-likeness (QED) is 0.0711. The molecule has 0 radical (unpaired) electrons. The van der Waals surface area contributed by atoms with E-state index in [-0.39, 0.29) is 50.5 Å². The van der Waals surface area contributed by atoms with E-state index in [0.29, 0.717) is 12.0 Å². The minimum absolute atomic E-state index is 0.00850. The zero-order valence-corrected chi connectivity index (χ0v) is 27.0. The van der Waals surface area contributed by atoms with Crippen LogP contribution in [0.5, 0.6) is 5.75 Å². The van der Waals surface area contributed by atoms with E-state index in [1.807, 2.05) is 42.5 Å². The van der Waals surface area contributed by atoms with E-state index in [2.05, 4.69) is 31.6 Å². The first-order valence-corrected chi connectivity index (χ1v) is 16.0. The number of nitrogens with one attached hydrogen (secondary N) is 5. The second-order valence-electron chi connectivity index (χ2n) is 11.8. The first-order valence-electron chi connectivity index (χ1n) is 16.0. The van der Waals surface area contributed by atoms with Crippen LogP contribution in [0.1, 0.15) is 30.4 Å². The highest BCUT2D eigenvalue weighted by atomic mass is 16.3. The van der Waals surface area contributed by atoms with E-state index < -0.39 is 60.2 Å². The fourth-order valence-corrected chi connectivity index (χ4v) is 5.45. The van der Waals surface area contributed by atoms with Gasteiger partial charge in [0.1, 0.15) is 29.9 Å². The van der Waals surface area contributed by atoms with E-state index in [9.17, 15) is 29.1 Å². The van der Waals surface area contributed by atoms with Crippen LogP contribution in [0.3, 0.4) is 0 Å². The summed E-state index contributed by atoms with van der Waals surface area (Å²) in [5.41, 5.74) is 18.0. The monoisotopic (exact) mass is 673 g/mol. The number of rotatable bonds is 10. The van der Waals surface area contributed by atoms with E-state index in [0.717, 1.165) is 16.3 Å². The van der Waals surface area contributed by atoms with Crippen LogP contribution in [-0.2, 0) is 36.8 Å².